The highest BCUT2D eigenvalue weighted by Crippen LogP contribution is 2.17. The van der Waals surface area contributed by atoms with Gasteiger partial charge < -0.3 is 9.68 Å². The van der Waals surface area contributed by atoms with Gasteiger partial charge in [-0.15, -0.1) is 0 Å². The molecule has 3 heteroatoms. The van der Waals surface area contributed by atoms with Gasteiger partial charge in [-0.05, 0) is 5.56 Å². The first-order valence-corrected chi connectivity index (χ1v) is 5.51. The molecular weight excluding hydrogens is 199 g/mol. The van der Waals surface area contributed by atoms with Gasteiger partial charge in [-0.25, -0.2) is 0 Å². The van der Waals surface area contributed by atoms with Crippen LogP contribution in [0.4, 0.5) is 0 Å². The Hall–Kier alpha value is -1.32. The molecule has 0 amide bonds. The molecule has 0 bridgehead atoms. The van der Waals surface area contributed by atoms with Crippen molar-refractivity contribution in [1.82, 2.24) is 0 Å². The smallest absolute Gasteiger partial charge is 0.423 e. The molecule has 2 atom stereocenters. The molecule has 1 aromatic carbocycles. The Morgan fingerprint density at radius 3 is 2.81 bits per heavy atom. The van der Waals surface area contributed by atoms with Crippen LogP contribution in [0.3, 0.4) is 0 Å². The van der Waals surface area contributed by atoms with E-state index in [1.165, 1.54) is 0 Å². The molecule has 0 fully saturated rings. The van der Waals surface area contributed by atoms with Crippen LogP contribution in [0.15, 0.2) is 48.5 Å². The van der Waals surface area contributed by atoms with Gasteiger partial charge in [0.2, 0.25) is 0 Å². The van der Waals surface area contributed by atoms with Crippen LogP contribution in [0.25, 0.3) is 6.08 Å². The number of hydrogen-bond acceptors (Lipinski definition) is 2. The number of rotatable bonds is 2. The van der Waals surface area contributed by atoms with E-state index in [0.717, 1.165) is 5.56 Å². The first-order chi connectivity index (χ1) is 7.75. The lowest BCUT2D eigenvalue weighted by Gasteiger charge is -2.24. The molecular formula is C13H15BO2. The van der Waals surface area contributed by atoms with Crippen molar-refractivity contribution in [2.45, 2.75) is 13.0 Å². The predicted octanol–water partition coefficient (Wildman–Crippen LogP) is 2.31. The van der Waals surface area contributed by atoms with Crippen LogP contribution >= 0.6 is 0 Å². The molecule has 0 saturated carbocycles. The largest absolute Gasteiger partial charge is 0.483 e. The molecule has 1 heterocycles. The summed E-state index contributed by atoms with van der Waals surface area (Å²) in [6.07, 6.45) is 5.94. The van der Waals surface area contributed by atoms with Gasteiger partial charge in [-0.2, -0.15) is 0 Å². The summed E-state index contributed by atoms with van der Waals surface area (Å²) < 4.78 is 5.40. The number of benzene rings is 1. The van der Waals surface area contributed by atoms with Gasteiger partial charge in [0.1, 0.15) is 0 Å². The third-order valence-corrected chi connectivity index (χ3v) is 2.67. The minimum absolute atomic E-state index is 0.0554. The van der Waals surface area contributed by atoms with E-state index in [1.807, 2.05) is 48.6 Å². The highest BCUT2D eigenvalue weighted by molar-refractivity contribution is 6.49. The molecule has 2 rings (SSSR count). The van der Waals surface area contributed by atoms with E-state index >= 15 is 0 Å². The van der Waals surface area contributed by atoms with Crippen LogP contribution < -0.4 is 0 Å². The average molecular weight is 214 g/mol. The molecule has 0 aliphatic carbocycles. The van der Waals surface area contributed by atoms with Gasteiger partial charge in [0.15, 0.2) is 0 Å². The van der Waals surface area contributed by atoms with Crippen molar-refractivity contribution in [3.05, 3.63) is 54.0 Å². The SMILES string of the molecule is C[C@@H]1C=CB(O)O[C@H]1/C=C/c1ccccc1. The van der Waals surface area contributed by atoms with E-state index in [9.17, 15) is 5.02 Å². The highest BCUT2D eigenvalue weighted by atomic mass is 16.5. The summed E-state index contributed by atoms with van der Waals surface area (Å²) in [6, 6.07) is 10.1. The van der Waals surface area contributed by atoms with Crippen LogP contribution in [0.2, 0.25) is 0 Å². The molecule has 0 aromatic heterocycles. The molecule has 1 N–H and O–H groups in total. The maximum absolute atomic E-state index is 9.35. The molecule has 0 unspecified atom stereocenters. The van der Waals surface area contributed by atoms with Crippen LogP contribution in [-0.2, 0) is 4.65 Å². The Labute approximate surface area is 96.4 Å². The predicted molar refractivity (Wildman–Crippen MR) is 66.6 cm³/mol. The fraction of sp³-hybridized carbons (Fsp3) is 0.231. The second-order valence-corrected chi connectivity index (χ2v) is 4.01. The molecule has 0 spiro atoms. The first-order valence-electron chi connectivity index (χ1n) is 5.51. The van der Waals surface area contributed by atoms with Gasteiger partial charge in [0.25, 0.3) is 0 Å². The Morgan fingerprint density at radius 2 is 2.06 bits per heavy atom. The second-order valence-electron chi connectivity index (χ2n) is 4.01. The molecule has 1 aliphatic rings. The number of hydrogen-bond donors (Lipinski definition) is 1. The van der Waals surface area contributed by atoms with Crippen LogP contribution in [0.5, 0.6) is 0 Å². The molecule has 1 aromatic rings. The van der Waals surface area contributed by atoms with E-state index in [4.69, 9.17) is 4.65 Å². The van der Waals surface area contributed by atoms with E-state index in [-0.39, 0.29) is 6.10 Å². The Balaban J connectivity index is 2.04. The molecule has 0 saturated heterocycles. The maximum atomic E-state index is 9.35. The summed E-state index contributed by atoms with van der Waals surface area (Å²) in [5.74, 6) is 1.97. The van der Waals surface area contributed by atoms with E-state index in [2.05, 4.69) is 6.92 Å². The van der Waals surface area contributed by atoms with Crippen LogP contribution in [-0.4, -0.2) is 18.2 Å². The topological polar surface area (TPSA) is 29.5 Å². The quantitative estimate of drug-likeness (QED) is 0.765. The fourth-order valence-corrected chi connectivity index (χ4v) is 1.70. The summed E-state index contributed by atoms with van der Waals surface area (Å²) in [6.45, 7) is 2.07. The van der Waals surface area contributed by atoms with Crippen molar-refractivity contribution < 1.29 is 9.68 Å². The fourth-order valence-electron chi connectivity index (χ4n) is 1.70. The van der Waals surface area contributed by atoms with Gasteiger partial charge in [-0.1, -0.05) is 61.5 Å². The minimum atomic E-state index is -0.776. The van der Waals surface area contributed by atoms with Crippen LogP contribution in [0.1, 0.15) is 12.5 Å². The summed E-state index contributed by atoms with van der Waals surface area (Å²) in [4.78, 5) is 0. The van der Waals surface area contributed by atoms with Crippen molar-refractivity contribution >= 4 is 13.2 Å². The van der Waals surface area contributed by atoms with Gasteiger partial charge in [0, 0.05) is 5.92 Å². The molecule has 1 aliphatic heterocycles. The zero-order chi connectivity index (χ0) is 11.4. The second kappa shape index (κ2) is 5.15. The lowest BCUT2D eigenvalue weighted by molar-refractivity contribution is 0.173. The minimum Gasteiger partial charge on any atom is -0.423 e. The lowest BCUT2D eigenvalue weighted by Crippen LogP contribution is -2.31. The third-order valence-electron chi connectivity index (χ3n) is 2.67. The summed E-state index contributed by atoms with van der Waals surface area (Å²) in [5, 5.41) is 9.35. The zero-order valence-electron chi connectivity index (χ0n) is 9.28. The Bertz CT molecular complexity index is 386. The molecule has 82 valence electrons. The standard InChI is InChI=1S/C13H15BO2/c1-11-9-10-14(15)16-13(11)8-7-12-5-3-2-4-6-12/h2-11,13,15H,1H3/b8-7+/t11-,13+/m1/s1. The van der Waals surface area contributed by atoms with Crippen molar-refractivity contribution in [1.29, 1.82) is 0 Å². The normalized spacial score (nSPS) is 25.2. The Kier molecular flexibility index (Phi) is 3.60. The van der Waals surface area contributed by atoms with E-state index in [0.29, 0.717) is 5.92 Å². The highest BCUT2D eigenvalue weighted by Gasteiger charge is 2.23. The zero-order valence-corrected chi connectivity index (χ0v) is 9.28. The van der Waals surface area contributed by atoms with Crippen molar-refractivity contribution in [2.24, 2.45) is 5.92 Å². The van der Waals surface area contributed by atoms with E-state index in [1.54, 1.807) is 5.98 Å². The van der Waals surface area contributed by atoms with Crippen molar-refractivity contribution in [3.63, 3.8) is 0 Å². The maximum Gasteiger partial charge on any atom is 0.483 e. The van der Waals surface area contributed by atoms with E-state index < -0.39 is 7.12 Å². The summed E-state index contributed by atoms with van der Waals surface area (Å²) in [7, 11) is -0.776. The van der Waals surface area contributed by atoms with Gasteiger partial charge in [0.05, 0.1) is 6.10 Å². The van der Waals surface area contributed by atoms with Crippen LogP contribution in [0, 0.1) is 5.92 Å². The average Bonchev–Trinajstić information content (AvgIpc) is 2.32. The van der Waals surface area contributed by atoms with Gasteiger partial charge in [-0.3, -0.25) is 0 Å². The summed E-state index contributed by atoms with van der Waals surface area (Å²) in [5.41, 5.74) is 1.14. The monoisotopic (exact) mass is 214 g/mol. The van der Waals surface area contributed by atoms with Gasteiger partial charge >= 0.3 is 7.12 Å². The lowest BCUT2D eigenvalue weighted by atomic mass is 9.82. The van der Waals surface area contributed by atoms with Crippen molar-refractivity contribution in [2.75, 3.05) is 0 Å². The first kappa shape index (κ1) is 11.2. The molecule has 0 radical (unpaired) electrons. The van der Waals surface area contributed by atoms with Crippen molar-refractivity contribution in [3.8, 4) is 0 Å². The molecule has 2 nitrogen and oxygen atoms in total. The molecule has 16 heavy (non-hydrogen) atoms. The summed E-state index contributed by atoms with van der Waals surface area (Å²) >= 11 is 0. The third kappa shape index (κ3) is 2.84. The Morgan fingerprint density at radius 1 is 1.31 bits per heavy atom.